The van der Waals surface area contributed by atoms with Gasteiger partial charge in [0.2, 0.25) is 0 Å². The smallest absolute Gasteiger partial charge is 0.0891 e. The number of pyridine rings is 1. The zero-order valence-corrected chi connectivity index (χ0v) is 11.2. The monoisotopic (exact) mass is 244 g/mol. The Morgan fingerprint density at radius 1 is 1.17 bits per heavy atom. The summed E-state index contributed by atoms with van der Waals surface area (Å²) in [5, 5.41) is 12.7. The number of oxime groups is 1. The Morgan fingerprint density at radius 2 is 1.94 bits per heavy atom. The van der Waals surface area contributed by atoms with Gasteiger partial charge in [-0.1, -0.05) is 19.0 Å². The molecule has 0 saturated carbocycles. The first kappa shape index (κ1) is 11.7. The third-order valence-corrected chi connectivity index (χ3v) is 4.10. The van der Waals surface area contributed by atoms with Crippen LogP contribution in [0.3, 0.4) is 0 Å². The van der Waals surface area contributed by atoms with Crippen LogP contribution in [0.2, 0.25) is 0 Å². The summed E-state index contributed by atoms with van der Waals surface area (Å²) in [5.74, 6) is 0. The molecule has 0 unspecified atom stereocenters. The maximum atomic E-state index is 9.23. The molecule has 96 valence electrons. The molecule has 0 atom stereocenters. The topological polar surface area (TPSA) is 45.5 Å². The molecule has 3 heteroatoms. The normalized spacial score (nSPS) is 23.6. The molecular formula is C15H20N2O. The van der Waals surface area contributed by atoms with E-state index in [-0.39, 0.29) is 5.41 Å². The van der Waals surface area contributed by atoms with Gasteiger partial charge in [0.15, 0.2) is 0 Å². The molecule has 1 heterocycles. The van der Waals surface area contributed by atoms with E-state index in [1.54, 1.807) is 0 Å². The van der Waals surface area contributed by atoms with Crippen LogP contribution >= 0.6 is 0 Å². The van der Waals surface area contributed by atoms with E-state index in [4.69, 9.17) is 4.98 Å². The lowest BCUT2D eigenvalue weighted by molar-refractivity contribution is 0.305. The van der Waals surface area contributed by atoms with Crippen LogP contribution in [-0.2, 0) is 19.3 Å². The van der Waals surface area contributed by atoms with Crippen molar-refractivity contribution in [2.24, 2.45) is 10.6 Å². The Kier molecular flexibility index (Phi) is 2.65. The predicted molar refractivity (Wildman–Crippen MR) is 71.3 cm³/mol. The first-order valence-corrected chi connectivity index (χ1v) is 6.82. The molecule has 0 fully saturated rings. The highest BCUT2D eigenvalue weighted by atomic mass is 16.4. The summed E-state index contributed by atoms with van der Waals surface area (Å²) in [5.41, 5.74) is 5.79. The first-order valence-electron chi connectivity index (χ1n) is 6.82. The minimum atomic E-state index is 0.143. The van der Waals surface area contributed by atoms with Crippen molar-refractivity contribution in [3.05, 3.63) is 28.6 Å². The Morgan fingerprint density at radius 3 is 2.72 bits per heavy atom. The number of nitrogens with zero attached hydrogens (tertiary/aromatic N) is 2. The second-order valence-corrected chi connectivity index (χ2v) is 6.36. The van der Waals surface area contributed by atoms with Crippen molar-refractivity contribution in [2.75, 3.05) is 0 Å². The molecule has 2 aliphatic rings. The summed E-state index contributed by atoms with van der Waals surface area (Å²) in [6, 6.07) is 2.22. The molecule has 0 aromatic carbocycles. The lowest BCUT2D eigenvalue weighted by Gasteiger charge is -2.32. The predicted octanol–water partition coefficient (Wildman–Crippen LogP) is 3.11. The fourth-order valence-electron chi connectivity index (χ4n) is 3.21. The molecule has 0 aliphatic heterocycles. The number of aryl methyl sites for hydroxylation is 2. The standard InChI is InChI=1S/C15H20N2O/c1-15(2)8-13-11(14(9-15)17-18)7-10-5-3-4-6-12(10)16-13/h7,18H,3-6,8-9H2,1-2H3. The molecule has 0 saturated heterocycles. The van der Waals surface area contributed by atoms with Crippen molar-refractivity contribution in [2.45, 2.75) is 52.4 Å². The highest BCUT2D eigenvalue weighted by Gasteiger charge is 2.32. The van der Waals surface area contributed by atoms with Crippen LogP contribution in [0, 0.1) is 5.41 Å². The number of aromatic nitrogens is 1. The Labute approximate surface area is 108 Å². The zero-order valence-electron chi connectivity index (χ0n) is 11.2. The summed E-state index contributed by atoms with van der Waals surface area (Å²) < 4.78 is 0. The molecule has 0 radical (unpaired) electrons. The molecule has 3 nitrogen and oxygen atoms in total. The molecule has 0 bridgehead atoms. The van der Waals surface area contributed by atoms with E-state index in [1.807, 2.05) is 0 Å². The van der Waals surface area contributed by atoms with Crippen molar-refractivity contribution < 1.29 is 5.21 Å². The summed E-state index contributed by atoms with van der Waals surface area (Å²) in [4.78, 5) is 4.86. The third kappa shape index (κ3) is 1.92. The van der Waals surface area contributed by atoms with Crippen LogP contribution in [0.25, 0.3) is 0 Å². The van der Waals surface area contributed by atoms with Gasteiger partial charge in [0.25, 0.3) is 0 Å². The largest absolute Gasteiger partial charge is 0.411 e. The van der Waals surface area contributed by atoms with Crippen LogP contribution in [0.15, 0.2) is 11.2 Å². The van der Waals surface area contributed by atoms with Gasteiger partial charge in [-0.15, -0.1) is 0 Å². The number of hydrogen-bond donors (Lipinski definition) is 1. The molecule has 3 rings (SSSR count). The van der Waals surface area contributed by atoms with E-state index in [0.29, 0.717) is 0 Å². The Balaban J connectivity index is 2.12. The highest BCUT2D eigenvalue weighted by molar-refractivity contribution is 6.02. The quantitative estimate of drug-likeness (QED) is 0.563. The molecule has 2 aliphatic carbocycles. The third-order valence-electron chi connectivity index (χ3n) is 4.10. The van der Waals surface area contributed by atoms with Gasteiger partial charge in [0.1, 0.15) is 0 Å². The van der Waals surface area contributed by atoms with E-state index in [2.05, 4.69) is 25.1 Å². The lowest BCUT2D eigenvalue weighted by atomic mass is 9.74. The van der Waals surface area contributed by atoms with Gasteiger partial charge in [-0.2, -0.15) is 0 Å². The fourth-order valence-corrected chi connectivity index (χ4v) is 3.21. The highest BCUT2D eigenvalue weighted by Crippen LogP contribution is 2.36. The molecule has 0 spiro atoms. The van der Waals surface area contributed by atoms with Crippen molar-refractivity contribution >= 4 is 5.71 Å². The minimum absolute atomic E-state index is 0.143. The molecule has 18 heavy (non-hydrogen) atoms. The van der Waals surface area contributed by atoms with E-state index >= 15 is 0 Å². The summed E-state index contributed by atoms with van der Waals surface area (Å²) in [6.45, 7) is 4.42. The van der Waals surface area contributed by atoms with Gasteiger partial charge in [0, 0.05) is 11.3 Å². The summed E-state index contributed by atoms with van der Waals surface area (Å²) in [7, 11) is 0. The van der Waals surface area contributed by atoms with E-state index in [9.17, 15) is 5.21 Å². The lowest BCUT2D eigenvalue weighted by Crippen LogP contribution is -2.29. The Hall–Kier alpha value is -1.38. The van der Waals surface area contributed by atoms with Crippen LogP contribution in [0.5, 0.6) is 0 Å². The fraction of sp³-hybridized carbons (Fsp3) is 0.600. The maximum Gasteiger partial charge on any atom is 0.0891 e. The van der Waals surface area contributed by atoms with Gasteiger partial charge in [-0.3, -0.25) is 4.98 Å². The van der Waals surface area contributed by atoms with Gasteiger partial charge in [0.05, 0.1) is 11.4 Å². The second-order valence-electron chi connectivity index (χ2n) is 6.36. The number of rotatable bonds is 0. The maximum absolute atomic E-state index is 9.23. The van der Waals surface area contributed by atoms with E-state index < -0.39 is 0 Å². The van der Waals surface area contributed by atoms with Crippen LogP contribution in [0.4, 0.5) is 0 Å². The van der Waals surface area contributed by atoms with E-state index in [0.717, 1.165) is 42.7 Å². The molecule has 1 aromatic heterocycles. The average Bonchev–Trinajstić information content (AvgIpc) is 2.34. The van der Waals surface area contributed by atoms with Crippen molar-refractivity contribution in [3.8, 4) is 0 Å². The molecule has 1 N–H and O–H groups in total. The number of fused-ring (bicyclic) bond motifs is 2. The van der Waals surface area contributed by atoms with Gasteiger partial charge in [-0.25, -0.2) is 0 Å². The molecule has 0 amide bonds. The van der Waals surface area contributed by atoms with Gasteiger partial charge >= 0.3 is 0 Å². The second kappa shape index (κ2) is 4.08. The first-order chi connectivity index (χ1) is 8.59. The summed E-state index contributed by atoms with van der Waals surface area (Å²) in [6.07, 6.45) is 6.55. The average molecular weight is 244 g/mol. The molecule has 1 aromatic rings. The van der Waals surface area contributed by atoms with Crippen LogP contribution in [0.1, 0.15) is 55.6 Å². The molecular weight excluding hydrogens is 224 g/mol. The van der Waals surface area contributed by atoms with Gasteiger partial charge in [-0.05, 0) is 55.6 Å². The van der Waals surface area contributed by atoms with Gasteiger partial charge < -0.3 is 5.21 Å². The van der Waals surface area contributed by atoms with Crippen LogP contribution < -0.4 is 0 Å². The SMILES string of the molecule is CC1(C)CC(=NO)c2cc3c(nc2C1)CCCC3. The Bertz CT molecular complexity index is 517. The number of hydrogen-bond acceptors (Lipinski definition) is 3. The van der Waals surface area contributed by atoms with Crippen molar-refractivity contribution in [1.82, 2.24) is 4.98 Å². The minimum Gasteiger partial charge on any atom is -0.411 e. The zero-order chi connectivity index (χ0) is 12.8. The van der Waals surface area contributed by atoms with E-state index in [1.165, 1.54) is 24.1 Å². The van der Waals surface area contributed by atoms with Crippen molar-refractivity contribution in [1.29, 1.82) is 0 Å². The summed E-state index contributed by atoms with van der Waals surface area (Å²) >= 11 is 0. The van der Waals surface area contributed by atoms with Crippen LogP contribution in [-0.4, -0.2) is 15.9 Å². The van der Waals surface area contributed by atoms with Crippen molar-refractivity contribution in [3.63, 3.8) is 0 Å².